The normalized spacial score (nSPS) is 11.3. The van der Waals surface area contributed by atoms with E-state index in [2.05, 4.69) is 36.8 Å². The molecular formula is C23H30N6O3. The number of nitrogens with one attached hydrogen (secondary N) is 2. The number of guanidine groups is 1. The lowest BCUT2D eigenvalue weighted by Gasteiger charge is -2.14. The molecule has 0 unspecified atom stereocenters. The Balaban J connectivity index is 1.43. The third kappa shape index (κ3) is 6.69. The smallest absolute Gasteiger partial charge is 0.276 e. The monoisotopic (exact) mass is 438 g/mol. The molecule has 0 fully saturated rings. The van der Waals surface area contributed by atoms with Gasteiger partial charge in [-0.25, -0.2) is 0 Å². The zero-order valence-corrected chi connectivity index (χ0v) is 18.8. The predicted molar refractivity (Wildman–Crippen MR) is 123 cm³/mol. The van der Waals surface area contributed by atoms with Crippen molar-refractivity contribution in [2.75, 3.05) is 33.4 Å². The molecule has 9 nitrogen and oxygen atoms in total. The minimum atomic E-state index is 0.421. The molecular weight excluding hydrogens is 408 g/mol. The minimum Gasteiger partial charge on any atom is -0.490 e. The Kier molecular flexibility index (Phi) is 8.85. The highest BCUT2D eigenvalue weighted by atomic mass is 16.5. The zero-order chi connectivity index (χ0) is 22.6. The third-order valence-electron chi connectivity index (χ3n) is 4.53. The fourth-order valence-electron chi connectivity index (χ4n) is 3.04. The Morgan fingerprint density at radius 2 is 1.78 bits per heavy atom. The second-order valence-electron chi connectivity index (χ2n) is 6.80. The first-order chi connectivity index (χ1) is 15.7. The van der Waals surface area contributed by atoms with E-state index in [9.17, 15) is 0 Å². The zero-order valence-electron chi connectivity index (χ0n) is 18.8. The van der Waals surface area contributed by atoms with Gasteiger partial charge in [0.15, 0.2) is 23.3 Å². The highest BCUT2D eigenvalue weighted by Crippen LogP contribution is 2.28. The lowest BCUT2D eigenvalue weighted by atomic mass is 10.1. The predicted octanol–water partition coefficient (Wildman–Crippen LogP) is 2.88. The summed E-state index contributed by atoms with van der Waals surface area (Å²) in [6.07, 6.45) is 3.13. The maximum absolute atomic E-state index is 5.70. The molecule has 0 aliphatic carbocycles. The van der Waals surface area contributed by atoms with Gasteiger partial charge in [-0.05, 0) is 50.1 Å². The summed E-state index contributed by atoms with van der Waals surface area (Å²) >= 11 is 0. The van der Waals surface area contributed by atoms with E-state index in [1.165, 1.54) is 0 Å². The van der Waals surface area contributed by atoms with E-state index in [-0.39, 0.29) is 0 Å². The van der Waals surface area contributed by atoms with Crippen LogP contribution in [0.15, 0.2) is 52.1 Å². The molecule has 1 aromatic carbocycles. The van der Waals surface area contributed by atoms with Crippen molar-refractivity contribution < 1.29 is 14.0 Å². The van der Waals surface area contributed by atoms with Crippen molar-refractivity contribution in [1.29, 1.82) is 0 Å². The van der Waals surface area contributed by atoms with E-state index < -0.39 is 0 Å². The first-order valence-electron chi connectivity index (χ1n) is 10.8. The van der Waals surface area contributed by atoms with Gasteiger partial charge in [0.2, 0.25) is 0 Å². The van der Waals surface area contributed by atoms with Crippen LogP contribution in [0.1, 0.15) is 25.2 Å². The van der Waals surface area contributed by atoms with Gasteiger partial charge < -0.3 is 24.6 Å². The number of benzene rings is 1. The van der Waals surface area contributed by atoms with Crippen LogP contribution in [0.25, 0.3) is 11.6 Å². The first kappa shape index (κ1) is 23.1. The van der Waals surface area contributed by atoms with Crippen molar-refractivity contribution >= 4 is 5.96 Å². The van der Waals surface area contributed by atoms with Gasteiger partial charge in [0, 0.05) is 32.8 Å². The van der Waals surface area contributed by atoms with Crippen molar-refractivity contribution in [3.05, 3.63) is 54.0 Å². The van der Waals surface area contributed by atoms with Crippen molar-refractivity contribution in [3.63, 3.8) is 0 Å². The molecule has 0 radical (unpaired) electrons. The highest BCUT2D eigenvalue weighted by Gasteiger charge is 2.10. The number of ether oxygens (including phenoxy) is 2. The average molecular weight is 439 g/mol. The fraction of sp³-hybridized carbons (Fsp3) is 0.391. The van der Waals surface area contributed by atoms with Gasteiger partial charge in [0.1, 0.15) is 5.69 Å². The van der Waals surface area contributed by atoms with Crippen molar-refractivity contribution in [3.8, 4) is 23.1 Å². The van der Waals surface area contributed by atoms with Gasteiger partial charge in [0.25, 0.3) is 5.89 Å². The number of rotatable bonds is 11. The molecule has 2 heterocycles. The molecule has 0 saturated carbocycles. The summed E-state index contributed by atoms with van der Waals surface area (Å²) in [7, 11) is 1.74. The highest BCUT2D eigenvalue weighted by molar-refractivity contribution is 5.79. The van der Waals surface area contributed by atoms with E-state index in [0.717, 1.165) is 36.0 Å². The summed E-state index contributed by atoms with van der Waals surface area (Å²) in [5, 5.41) is 10.6. The number of aliphatic imine (C=N–C) groups is 1. The Morgan fingerprint density at radius 1 is 1.00 bits per heavy atom. The Bertz CT molecular complexity index is 990. The van der Waals surface area contributed by atoms with Gasteiger partial charge in [-0.1, -0.05) is 17.3 Å². The molecule has 3 aromatic rings. The summed E-state index contributed by atoms with van der Waals surface area (Å²) in [6.45, 7) is 6.49. The molecule has 0 bridgehead atoms. The molecule has 0 atom stereocenters. The topological polar surface area (TPSA) is 107 Å². The number of hydrogen-bond donors (Lipinski definition) is 2. The Hall–Kier alpha value is -3.62. The Labute approximate surface area is 188 Å². The van der Waals surface area contributed by atoms with Crippen LogP contribution in [0, 0.1) is 0 Å². The average Bonchev–Trinajstić information content (AvgIpc) is 3.29. The second kappa shape index (κ2) is 12.3. The molecule has 32 heavy (non-hydrogen) atoms. The molecule has 2 aromatic heterocycles. The minimum absolute atomic E-state index is 0.421. The van der Waals surface area contributed by atoms with Crippen LogP contribution in [0.3, 0.4) is 0 Å². The molecule has 0 spiro atoms. The number of hydrogen-bond acceptors (Lipinski definition) is 7. The van der Waals surface area contributed by atoms with Gasteiger partial charge in [0.05, 0.1) is 13.2 Å². The fourth-order valence-corrected chi connectivity index (χ4v) is 3.04. The molecule has 0 aliphatic rings. The lowest BCUT2D eigenvalue weighted by molar-refractivity contribution is 0.287. The standard InChI is InChI=1S/C23H30N6O3/c1-4-30-19-10-9-17(16-20(19)31-5-2)11-14-26-23(24-3)27-15-12-21-28-22(32-29-21)18-8-6-7-13-25-18/h6-10,13,16H,4-5,11-12,14-15H2,1-3H3,(H2,24,26,27). The summed E-state index contributed by atoms with van der Waals surface area (Å²) in [5.41, 5.74) is 1.83. The van der Waals surface area contributed by atoms with Crippen LogP contribution >= 0.6 is 0 Å². The summed E-state index contributed by atoms with van der Waals surface area (Å²) < 4.78 is 16.6. The molecule has 0 aliphatic heterocycles. The summed E-state index contributed by atoms with van der Waals surface area (Å²) in [5.74, 6) is 3.31. The van der Waals surface area contributed by atoms with Crippen molar-refractivity contribution in [1.82, 2.24) is 25.8 Å². The molecule has 9 heteroatoms. The van der Waals surface area contributed by atoms with Crippen LogP contribution in [0.5, 0.6) is 11.5 Å². The van der Waals surface area contributed by atoms with E-state index in [1.807, 2.05) is 44.2 Å². The Morgan fingerprint density at radius 3 is 2.50 bits per heavy atom. The molecule has 3 rings (SSSR count). The number of pyridine rings is 1. The van der Waals surface area contributed by atoms with Gasteiger partial charge in [-0.15, -0.1) is 0 Å². The second-order valence-corrected chi connectivity index (χ2v) is 6.80. The molecule has 170 valence electrons. The maximum atomic E-state index is 5.70. The van der Waals surface area contributed by atoms with Gasteiger partial charge in [-0.2, -0.15) is 4.98 Å². The van der Waals surface area contributed by atoms with Crippen molar-refractivity contribution in [2.24, 2.45) is 4.99 Å². The van der Waals surface area contributed by atoms with Gasteiger partial charge in [-0.3, -0.25) is 9.98 Å². The van der Waals surface area contributed by atoms with Crippen LogP contribution in [-0.4, -0.2) is 54.4 Å². The van der Waals surface area contributed by atoms with Gasteiger partial charge >= 0.3 is 0 Å². The largest absolute Gasteiger partial charge is 0.490 e. The number of nitrogens with zero attached hydrogens (tertiary/aromatic N) is 4. The van der Waals surface area contributed by atoms with E-state index in [1.54, 1.807) is 13.2 Å². The van der Waals surface area contributed by atoms with Crippen molar-refractivity contribution in [2.45, 2.75) is 26.7 Å². The van der Waals surface area contributed by atoms with Crippen LogP contribution < -0.4 is 20.1 Å². The summed E-state index contributed by atoms with van der Waals surface area (Å²) in [4.78, 5) is 12.9. The van der Waals surface area contributed by atoms with Crippen LogP contribution in [-0.2, 0) is 12.8 Å². The summed E-state index contributed by atoms with van der Waals surface area (Å²) in [6, 6.07) is 11.6. The van der Waals surface area contributed by atoms with E-state index in [4.69, 9.17) is 14.0 Å². The molecule has 0 saturated heterocycles. The van der Waals surface area contributed by atoms with Crippen LogP contribution in [0.4, 0.5) is 0 Å². The number of aromatic nitrogens is 3. The van der Waals surface area contributed by atoms with E-state index >= 15 is 0 Å². The third-order valence-corrected chi connectivity index (χ3v) is 4.53. The SMILES string of the molecule is CCOc1ccc(CCNC(=NC)NCCc2noc(-c3ccccn3)n2)cc1OCC. The lowest BCUT2D eigenvalue weighted by Crippen LogP contribution is -2.39. The van der Waals surface area contributed by atoms with E-state index in [0.29, 0.717) is 43.6 Å². The quantitative estimate of drug-likeness (QED) is 0.348. The molecule has 0 amide bonds. The molecule has 2 N–H and O–H groups in total. The maximum Gasteiger partial charge on any atom is 0.276 e. The van der Waals surface area contributed by atoms with Crippen LogP contribution in [0.2, 0.25) is 0 Å². The first-order valence-corrected chi connectivity index (χ1v) is 10.8.